The molecular weight excluding hydrogens is 438 g/mol. The van der Waals surface area contributed by atoms with Crippen molar-refractivity contribution in [1.82, 2.24) is 18.9 Å². The lowest BCUT2D eigenvalue weighted by molar-refractivity contribution is -0.116. The molecule has 1 aliphatic rings. The number of nitrogens with one attached hydrogen (secondary N) is 1. The first kappa shape index (κ1) is 23.4. The van der Waals surface area contributed by atoms with Crippen LogP contribution >= 0.6 is 0 Å². The Balaban J connectivity index is 1.39. The number of carbonyl (C=O) groups excluding carboxylic acids is 1. The molecule has 4 rings (SSSR count). The number of anilines is 1. The highest BCUT2D eigenvalue weighted by atomic mass is 32.2. The highest BCUT2D eigenvalue weighted by molar-refractivity contribution is 7.89. The van der Waals surface area contributed by atoms with Crippen LogP contribution in [-0.4, -0.2) is 46.3 Å². The number of hydrogen-bond donors (Lipinski definition) is 1. The Labute approximate surface area is 195 Å². The topological polar surface area (TPSA) is 96.7 Å². The van der Waals surface area contributed by atoms with Crippen LogP contribution < -0.4 is 5.32 Å². The van der Waals surface area contributed by atoms with Crippen LogP contribution in [0.3, 0.4) is 0 Å². The van der Waals surface area contributed by atoms with Crippen LogP contribution in [-0.2, 0) is 21.2 Å². The van der Waals surface area contributed by atoms with E-state index in [-0.39, 0.29) is 10.8 Å². The van der Waals surface area contributed by atoms with Gasteiger partial charge in [-0.3, -0.25) is 4.79 Å². The Morgan fingerprint density at radius 1 is 1.12 bits per heavy atom. The Kier molecular flexibility index (Phi) is 6.54. The van der Waals surface area contributed by atoms with Crippen LogP contribution in [0, 0.1) is 26.7 Å². The lowest BCUT2D eigenvalue weighted by atomic mass is 10.0. The van der Waals surface area contributed by atoms with Gasteiger partial charge in [0.05, 0.1) is 10.6 Å². The smallest absolute Gasteiger partial charge is 0.243 e. The zero-order chi connectivity index (χ0) is 23.8. The van der Waals surface area contributed by atoms with Gasteiger partial charge in [0.25, 0.3) is 0 Å². The fourth-order valence-electron chi connectivity index (χ4n) is 4.35. The van der Waals surface area contributed by atoms with Crippen LogP contribution in [0.2, 0.25) is 0 Å². The van der Waals surface area contributed by atoms with Gasteiger partial charge in [0.1, 0.15) is 0 Å². The molecule has 3 aromatic rings. The van der Waals surface area contributed by atoms with E-state index in [2.05, 4.69) is 22.3 Å². The van der Waals surface area contributed by atoms with Crippen LogP contribution in [0.1, 0.15) is 48.8 Å². The second-order valence-electron chi connectivity index (χ2n) is 8.98. The molecule has 1 N–H and O–H groups in total. The van der Waals surface area contributed by atoms with Gasteiger partial charge < -0.3 is 5.32 Å². The van der Waals surface area contributed by atoms with Crippen molar-refractivity contribution < 1.29 is 13.2 Å². The van der Waals surface area contributed by atoms with Gasteiger partial charge in [-0.15, -0.1) is 0 Å². The summed E-state index contributed by atoms with van der Waals surface area (Å²) in [5.41, 5.74) is 5.19. The number of nitrogens with zero attached hydrogens (tertiary/aromatic N) is 4. The molecule has 0 unspecified atom stereocenters. The molecule has 0 atom stereocenters. The highest BCUT2D eigenvalue weighted by Gasteiger charge is 2.28. The summed E-state index contributed by atoms with van der Waals surface area (Å²) in [5.74, 6) is 0.425. The van der Waals surface area contributed by atoms with Crippen molar-refractivity contribution >= 4 is 27.3 Å². The van der Waals surface area contributed by atoms with Crippen molar-refractivity contribution in [1.29, 1.82) is 0 Å². The maximum atomic E-state index is 12.9. The summed E-state index contributed by atoms with van der Waals surface area (Å²) in [6.45, 7) is 9.13. The largest absolute Gasteiger partial charge is 0.326 e. The minimum Gasteiger partial charge on any atom is -0.326 e. The Hall–Kier alpha value is -2.78. The molecule has 1 aliphatic heterocycles. The fraction of sp³-hybridized carbons (Fsp3) is 0.458. The van der Waals surface area contributed by atoms with Gasteiger partial charge in [0.15, 0.2) is 5.65 Å². The van der Waals surface area contributed by atoms with Gasteiger partial charge in [-0.2, -0.15) is 9.40 Å². The average Bonchev–Trinajstić information content (AvgIpc) is 3.14. The standard InChI is InChI=1S/C24H31N5O3S/c1-16-11-13-28(14-12-16)33(31,32)21-7-5-20(6-8-21)26-24(30)10-9-22-18(3)25-23-15-17(2)27-29(23)19(22)4/h5-8,15-16H,9-14H2,1-4H3,(H,26,30). The molecule has 8 nitrogen and oxygen atoms in total. The first-order chi connectivity index (χ1) is 15.6. The first-order valence-corrected chi connectivity index (χ1v) is 12.8. The van der Waals surface area contributed by atoms with Crippen molar-refractivity contribution in [3.63, 3.8) is 0 Å². The van der Waals surface area contributed by atoms with Crippen LogP contribution in [0.25, 0.3) is 5.65 Å². The molecule has 33 heavy (non-hydrogen) atoms. The maximum Gasteiger partial charge on any atom is 0.243 e. The van der Waals surface area contributed by atoms with E-state index in [1.807, 2.05) is 31.4 Å². The summed E-state index contributed by atoms with van der Waals surface area (Å²) in [5, 5.41) is 7.34. The van der Waals surface area contributed by atoms with E-state index in [9.17, 15) is 13.2 Å². The minimum atomic E-state index is -3.50. The third-order valence-corrected chi connectivity index (χ3v) is 8.32. The molecule has 9 heteroatoms. The van der Waals surface area contributed by atoms with E-state index in [1.54, 1.807) is 28.6 Å². The quantitative estimate of drug-likeness (QED) is 0.594. The number of piperidine rings is 1. The summed E-state index contributed by atoms with van der Waals surface area (Å²) in [6, 6.07) is 8.36. The molecule has 2 aromatic heterocycles. The third-order valence-electron chi connectivity index (χ3n) is 6.41. The van der Waals surface area contributed by atoms with Crippen LogP contribution in [0.4, 0.5) is 5.69 Å². The Bertz CT molecular complexity index is 1270. The lowest BCUT2D eigenvalue weighted by Crippen LogP contribution is -2.37. The van der Waals surface area contributed by atoms with Gasteiger partial charge in [0, 0.05) is 42.7 Å². The molecular formula is C24H31N5O3S. The van der Waals surface area contributed by atoms with E-state index in [0.717, 1.165) is 41.1 Å². The second kappa shape index (κ2) is 9.23. The zero-order valence-corrected chi connectivity index (χ0v) is 20.4. The summed E-state index contributed by atoms with van der Waals surface area (Å²) < 4.78 is 29.1. The molecule has 1 amide bonds. The lowest BCUT2D eigenvalue weighted by Gasteiger charge is -2.29. The number of benzene rings is 1. The van der Waals surface area contributed by atoms with E-state index in [1.165, 1.54) is 0 Å². The Morgan fingerprint density at radius 3 is 2.45 bits per heavy atom. The molecule has 1 saturated heterocycles. The number of amides is 1. The third kappa shape index (κ3) is 4.94. The zero-order valence-electron chi connectivity index (χ0n) is 19.6. The summed E-state index contributed by atoms with van der Waals surface area (Å²) >= 11 is 0. The van der Waals surface area contributed by atoms with Gasteiger partial charge in [-0.05, 0) is 75.8 Å². The van der Waals surface area contributed by atoms with Gasteiger partial charge in [-0.1, -0.05) is 6.92 Å². The SMILES string of the molecule is Cc1cc2nc(C)c(CCC(=O)Nc3ccc(S(=O)(=O)N4CCC(C)CC4)cc3)c(C)n2n1. The molecule has 1 fully saturated rings. The number of hydrogen-bond acceptors (Lipinski definition) is 5. The summed E-state index contributed by atoms with van der Waals surface area (Å²) in [4.78, 5) is 17.4. The van der Waals surface area contributed by atoms with E-state index in [0.29, 0.717) is 37.5 Å². The molecule has 0 aliphatic carbocycles. The Morgan fingerprint density at radius 2 is 1.79 bits per heavy atom. The molecule has 3 heterocycles. The fourth-order valence-corrected chi connectivity index (χ4v) is 5.82. The number of carbonyl (C=O) groups is 1. The average molecular weight is 470 g/mol. The molecule has 0 spiro atoms. The maximum absolute atomic E-state index is 12.9. The monoisotopic (exact) mass is 469 g/mol. The van der Waals surface area contributed by atoms with Crippen molar-refractivity contribution in [2.45, 2.75) is 58.3 Å². The minimum absolute atomic E-state index is 0.133. The molecule has 0 radical (unpaired) electrons. The van der Waals surface area contributed by atoms with Crippen molar-refractivity contribution in [2.24, 2.45) is 5.92 Å². The summed E-state index contributed by atoms with van der Waals surface area (Å²) in [6.07, 6.45) is 2.61. The molecule has 0 bridgehead atoms. The van der Waals surface area contributed by atoms with Crippen molar-refractivity contribution in [2.75, 3.05) is 18.4 Å². The molecule has 176 valence electrons. The number of aryl methyl sites for hydroxylation is 3. The van der Waals surface area contributed by atoms with Gasteiger partial charge >= 0.3 is 0 Å². The predicted molar refractivity (Wildman–Crippen MR) is 128 cm³/mol. The highest BCUT2D eigenvalue weighted by Crippen LogP contribution is 2.24. The van der Waals surface area contributed by atoms with Crippen LogP contribution in [0.15, 0.2) is 35.2 Å². The first-order valence-electron chi connectivity index (χ1n) is 11.4. The number of sulfonamides is 1. The van der Waals surface area contributed by atoms with E-state index < -0.39 is 10.0 Å². The molecule has 1 aromatic carbocycles. The molecule has 0 saturated carbocycles. The number of aromatic nitrogens is 3. The second-order valence-corrected chi connectivity index (χ2v) is 10.9. The number of fused-ring (bicyclic) bond motifs is 1. The van der Waals surface area contributed by atoms with E-state index in [4.69, 9.17) is 0 Å². The van der Waals surface area contributed by atoms with Crippen LogP contribution in [0.5, 0.6) is 0 Å². The van der Waals surface area contributed by atoms with Gasteiger partial charge in [-0.25, -0.2) is 17.9 Å². The predicted octanol–water partition coefficient (Wildman–Crippen LogP) is 3.65. The number of rotatable bonds is 6. The van der Waals surface area contributed by atoms with Crippen molar-refractivity contribution in [3.05, 3.63) is 53.0 Å². The van der Waals surface area contributed by atoms with Crippen molar-refractivity contribution in [3.8, 4) is 0 Å². The van der Waals surface area contributed by atoms with E-state index >= 15 is 0 Å². The van der Waals surface area contributed by atoms with Gasteiger partial charge in [0.2, 0.25) is 15.9 Å². The normalized spacial score (nSPS) is 15.8. The summed E-state index contributed by atoms with van der Waals surface area (Å²) in [7, 11) is -3.50.